The van der Waals surface area contributed by atoms with E-state index < -0.39 is 5.82 Å². The number of amides is 1. The number of nitrogens with one attached hydrogen (secondary N) is 1. The van der Waals surface area contributed by atoms with E-state index in [1.165, 1.54) is 6.07 Å². The van der Waals surface area contributed by atoms with Crippen molar-refractivity contribution in [3.8, 4) is 0 Å². The van der Waals surface area contributed by atoms with Crippen molar-refractivity contribution in [2.75, 3.05) is 25.0 Å². The van der Waals surface area contributed by atoms with Crippen LogP contribution in [0.1, 0.15) is 25.3 Å². The number of aliphatic hydroxyl groups excluding tert-OH is 1. The zero-order valence-electron chi connectivity index (χ0n) is 12.6. The van der Waals surface area contributed by atoms with Crippen LogP contribution in [0.2, 0.25) is 0 Å². The van der Waals surface area contributed by atoms with Gasteiger partial charge in [0, 0.05) is 13.2 Å². The van der Waals surface area contributed by atoms with Crippen molar-refractivity contribution >= 4 is 11.6 Å². The molecule has 1 aliphatic heterocycles. The van der Waals surface area contributed by atoms with Gasteiger partial charge in [0.2, 0.25) is 5.91 Å². The van der Waals surface area contributed by atoms with E-state index in [2.05, 4.69) is 5.32 Å². The van der Waals surface area contributed by atoms with Crippen molar-refractivity contribution in [3.63, 3.8) is 0 Å². The summed E-state index contributed by atoms with van der Waals surface area (Å²) < 4.78 is 13.8. The highest BCUT2D eigenvalue weighted by Gasteiger charge is 2.27. The van der Waals surface area contributed by atoms with Gasteiger partial charge >= 0.3 is 0 Å². The first-order chi connectivity index (χ1) is 10.0. The molecule has 1 heterocycles. The third kappa shape index (κ3) is 4.02. The number of hydrogen-bond donors (Lipinski definition) is 2. The van der Waals surface area contributed by atoms with Gasteiger partial charge in [0.05, 0.1) is 11.7 Å². The molecule has 0 bridgehead atoms. The van der Waals surface area contributed by atoms with Gasteiger partial charge in [-0.25, -0.2) is 4.39 Å². The van der Waals surface area contributed by atoms with Crippen LogP contribution in [0.25, 0.3) is 0 Å². The maximum Gasteiger partial charge on any atom is 0.241 e. The third-order valence-electron chi connectivity index (χ3n) is 4.12. The second kappa shape index (κ2) is 7.00. The maximum absolute atomic E-state index is 13.8. The van der Waals surface area contributed by atoms with Crippen LogP contribution in [0.4, 0.5) is 10.1 Å². The number of benzene rings is 1. The van der Waals surface area contributed by atoms with Crippen molar-refractivity contribution in [1.82, 2.24) is 4.90 Å². The summed E-state index contributed by atoms with van der Waals surface area (Å²) in [6.45, 7) is 5.32. The number of anilines is 1. The number of aryl methyl sites for hydroxylation is 1. The van der Waals surface area contributed by atoms with Crippen LogP contribution >= 0.6 is 0 Å². The fourth-order valence-corrected chi connectivity index (χ4v) is 2.72. The number of aliphatic hydroxyl groups is 1. The quantitative estimate of drug-likeness (QED) is 0.895. The Morgan fingerprint density at radius 1 is 1.57 bits per heavy atom. The molecule has 0 aliphatic carbocycles. The van der Waals surface area contributed by atoms with Crippen LogP contribution in [-0.4, -0.2) is 41.7 Å². The van der Waals surface area contributed by atoms with Crippen LogP contribution in [-0.2, 0) is 4.79 Å². The van der Waals surface area contributed by atoms with E-state index in [1.807, 2.05) is 11.8 Å². The van der Waals surface area contributed by atoms with Gasteiger partial charge in [-0.2, -0.15) is 0 Å². The van der Waals surface area contributed by atoms with E-state index in [-0.39, 0.29) is 30.2 Å². The number of carbonyl (C=O) groups is 1. The first kappa shape index (κ1) is 15.9. The van der Waals surface area contributed by atoms with Crippen molar-refractivity contribution in [2.24, 2.45) is 5.92 Å². The molecule has 116 valence electrons. The molecule has 2 unspecified atom stereocenters. The molecule has 1 aromatic carbocycles. The molecule has 1 fully saturated rings. The lowest BCUT2D eigenvalue weighted by molar-refractivity contribution is -0.121. The van der Waals surface area contributed by atoms with E-state index in [4.69, 9.17) is 0 Å². The van der Waals surface area contributed by atoms with Gasteiger partial charge in [-0.1, -0.05) is 6.07 Å². The topological polar surface area (TPSA) is 52.6 Å². The summed E-state index contributed by atoms with van der Waals surface area (Å²) in [6.07, 6.45) is 1.97. The SMILES string of the molecule is Cc1ccc(NC(=O)C(C)N2CCCC(CO)C2)c(F)c1. The molecule has 2 N–H and O–H groups in total. The molecule has 0 spiro atoms. The Morgan fingerprint density at radius 2 is 2.33 bits per heavy atom. The molecular weight excluding hydrogens is 271 g/mol. The fraction of sp³-hybridized carbons (Fsp3) is 0.562. The van der Waals surface area contributed by atoms with Gasteiger partial charge in [0.25, 0.3) is 0 Å². The Morgan fingerprint density at radius 3 is 3.00 bits per heavy atom. The zero-order chi connectivity index (χ0) is 15.4. The predicted molar refractivity (Wildman–Crippen MR) is 80.6 cm³/mol. The summed E-state index contributed by atoms with van der Waals surface area (Å²) in [4.78, 5) is 14.3. The molecule has 1 aromatic rings. The van der Waals surface area contributed by atoms with Gasteiger partial charge in [-0.15, -0.1) is 0 Å². The number of halogens is 1. The van der Waals surface area contributed by atoms with E-state index in [0.717, 1.165) is 24.9 Å². The van der Waals surface area contributed by atoms with E-state index >= 15 is 0 Å². The first-order valence-electron chi connectivity index (χ1n) is 7.43. The molecule has 4 nitrogen and oxygen atoms in total. The third-order valence-corrected chi connectivity index (χ3v) is 4.12. The molecule has 1 saturated heterocycles. The average molecular weight is 294 g/mol. The molecule has 21 heavy (non-hydrogen) atoms. The summed E-state index contributed by atoms with van der Waals surface area (Å²) in [6, 6.07) is 4.43. The standard InChI is InChI=1S/C16H23FN2O2/c1-11-5-6-15(14(17)8-11)18-16(21)12(2)19-7-3-4-13(9-19)10-20/h5-6,8,12-13,20H,3-4,7,9-10H2,1-2H3,(H,18,21). The predicted octanol–water partition coefficient (Wildman–Crippen LogP) is 2.17. The lowest BCUT2D eigenvalue weighted by Gasteiger charge is -2.35. The van der Waals surface area contributed by atoms with Gasteiger partial charge in [0.15, 0.2) is 0 Å². The number of likely N-dealkylation sites (tertiary alicyclic amines) is 1. The van der Waals surface area contributed by atoms with E-state index in [9.17, 15) is 14.3 Å². The molecule has 1 aliphatic rings. The molecule has 0 radical (unpaired) electrons. The van der Waals surface area contributed by atoms with E-state index in [1.54, 1.807) is 19.1 Å². The highest BCUT2D eigenvalue weighted by Crippen LogP contribution is 2.20. The second-order valence-electron chi connectivity index (χ2n) is 5.83. The fourth-order valence-electron chi connectivity index (χ4n) is 2.72. The minimum absolute atomic E-state index is 0.150. The molecule has 0 aromatic heterocycles. The smallest absolute Gasteiger partial charge is 0.241 e. The molecule has 2 rings (SSSR count). The summed E-state index contributed by atoms with van der Waals surface area (Å²) in [5.41, 5.74) is 1.04. The average Bonchev–Trinajstić information content (AvgIpc) is 2.49. The Labute approximate surface area is 125 Å². The van der Waals surface area contributed by atoms with Gasteiger partial charge in [-0.05, 0) is 56.8 Å². The summed E-state index contributed by atoms with van der Waals surface area (Å²) in [7, 11) is 0. The van der Waals surface area contributed by atoms with Crippen molar-refractivity contribution < 1.29 is 14.3 Å². The van der Waals surface area contributed by atoms with Crippen molar-refractivity contribution in [1.29, 1.82) is 0 Å². The first-order valence-corrected chi connectivity index (χ1v) is 7.43. The van der Waals surface area contributed by atoms with Crippen molar-refractivity contribution in [3.05, 3.63) is 29.6 Å². The minimum Gasteiger partial charge on any atom is -0.396 e. The van der Waals surface area contributed by atoms with Gasteiger partial charge in [-0.3, -0.25) is 9.69 Å². The number of piperidine rings is 1. The van der Waals surface area contributed by atoms with Gasteiger partial charge < -0.3 is 10.4 Å². The maximum atomic E-state index is 13.8. The normalized spacial score (nSPS) is 21.0. The largest absolute Gasteiger partial charge is 0.396 e. The molecular formula is C16H23FN2O2. The minimum atomic E-state index is -0.414. The Balaban J connectivity index is 1.99. The molecule has 2 atom stereocenters. The van der Waals surface area contributed by atoms with Crippen LogP contribution in [0.5, 0.6) is 0 Å². The molecule has 0 saturated carbocycles. The molecule has 5 heteroatoms. The molecule has 1 amide bonds. The number of hydrogen-bond acceptors (Lipinski definition) is 3. The summed E-state index contributed by atoms with van der Waals surface area (Å²) in [5.74, 6) is -0.399. The number of rotatable bonds is 4. The van der Waals surface area contributed by atoms with Crippen LogP contribution < -0.4 is 5.32 Å². The number of carbonyl (C=O) groups excluding carboxylic acids is 1. The Kier molecular flexibility index (Phi) is 5.31. The van der Waals surface area contributed by atoms with E-state index in [0.29, 0.717) is 6.54 Å². The van der Waals surface area contributed by atoms with Crippen molar-refractivity contribution in [2.45, 2.75) is 32.7 Å². The second-order valence-corrected chi connectivity index (χ2v) is 5.83. The van der Waals surface area contributed by atoms with Crippen LogP contribution in [0.15, 0.2) is 18.2 Å². The zero-order valence-corrected chi connectivity index (χ0v) is 12.6. The highest BCUT2D eigenvalue weighted by atomic mass is 19.1. The summed E-state index contributed by atoms with van der Waals surface area (Å²) in [5, 5.41) is 11.9. The van der Waals surface area contributed by atoms with Crippen LogP contribution in [0, 0.1) is 18.7 Å². The summed E-state index contributed by atoms with van der Waals surface area (Å²) >= 11 is 0. The number of nitrogens with zero attached hydrogens (tertiary/aromatic N) is 1. The van der Waals surface area contributed by atoms with Gasteiger partial charge in [0.1, 0.15) is 5.82 Å². The van der Waals surface area contributed by atoms with Crippen LogP contribution in [0.3, 0.4) is 0 Å². The highest BCUT2D eigenvalue weighted by molar-refractivity contribution is 5.94. The lowest BCUT2D eigenvalue weighted by atomic mass is 9.97. The Bertz CT molecular complexity index is 507. The monoisotopic (exact) mass is 294 g/mol. The Hall–Kier alpha value is -1.46. The lowest BCUT2D eigenvalue weighted by Crippen LogP contribution is -2.47.